The Balaban J connectivity index is 2.46. The summed E-state index contributed by atoms with van der Waals surface area (Å²) in [6, 6.07) is 1.41. The van der Waals surface area contributed by atoms with Gasteiger partial charge in [-0.25, -0.2) is 4.79 Å². The minimum Gasteiger partial charge on any atom is -0.477 e. The van der Waals surface area contributed by atoms with Crippen LogP contribution in [0.3, 0.4) is 0 Å². The van der Waals surface area contributed by atoms with Gasteiger partial charge in [0.05, 0.1) is 12.2 Å². The molecule has 0 amide bonds. The highest BCUT2D eigenvalue weighted by atomic mass is 16.5. The lowest BCUT2D eigenvalue weighted by Crippen LogP contribution is -2.37. The van der Waals surface area contributed by atoms with E-state index in [1.54, 1.807) is 0 Å². The van der Waals surface area contributed by atoms with E-state index in [1.165, 1.54) is 6.07 Å². The summed E-state index contributed by atoms with van der Waals surface area (Å²) >= 11 is 0. The molecule has 1 atom stereocenters. The van der Waals surface area contributed by atoms with Crippen molar-refractivity contribution in [3.8, 4) is 0 Å². The molecule has 0 fully saturated rings. The Hall–Kier alpha value is -1.62. The molecular weight excluding hydrogens is 222 g/mol. The third-order valence-corrected chi connectivity index (χ3v) is 3.32. The topological polar surface area (TPSA) is 79.4 Å². The number of hydrogen-bond donors (Lipinski definition) is 2. The maximum Gasteiger partial charge on any atom is 0.341 e. The molecule has 17 heavy (non-hydrogen) atoms. The van der Waals surface area contributed by atoms with E-state index in [0.29, 0.717) is 13.0 Å². The molecule has 0 radical (unpaired) electrons. The number of hydrogen-bond acceptors (Lipinski definition) is 3. The van der Waals surface area contributed by atoms with Gasteiger partial charge < -0.3 is 14.8 Å². The van der Waals surface area contributed by atoms with E-state index in [4.69, 9.17) is 9.84 Å². The SMILES string of the molecule is CC[C@@]1(C)Cc2[nH]c(=O)c(C(=O)O)cc2CO1. The van der Waals surface area contributed by atoms with Crippen molar-refractivity contribution < 1.29 is 14.6 Å². The molecule has 2 N–H and O–H groups in total. The summed E-state index contributed by atoms with van der Waals surface area (Å²) in [5.74, 6) is -1.21. The molecule has 2 heterocycles. The van der Waals surface area contributed by atoms with Gasteiger partial charge in [-0.15, -0.1) is 0 Å². The quantitative estimate of drug-likeness (QED) is 0.812. The molecule has 0 spiro atoms. The van der Waals surface area contributed by atoms with Gasteiger partial charge in [0, 0.05) is 12.1 Å². The number of aromatic nitrogens is 1. The van der Waals surface area contributed by atoms with Gasteiger partial charge in [0.2, 0.25) is 0 Å². The van der Waals surface area contributed by atoms with Crippen molar-refractivity contribution in [3.05, 3.63) is 33.2 Å². The van der Waals surface area contributed by atoms with Crippen LogP contribution in [-0.4, -0.2) is 21.7 Å². The van der Waals surface area contributed by atoms with Crippen LogP contribution in [0.2, 0.25) is 0 Å². The van der Waals surface area contributed by atoms with E-state index >= 15 is 0 Å². The van der Waals surface area contributed by atoms with Gasteiger partial charge in [-0.3, -0.25) is 4.79 Å². The Labute approximate surface area is 98.4 Å². The number of fused-ring (bicyclic) bond motifs is 1. The normalized spacial score (nSPS) is 23.2. The summed E-state index contributed by atoms with van der Waals surface area (Å²) < 4.78 is 5.70. The molecule has 0 bridgehead atoms. The van der Waals surface area contributed by atoms with Crippen molar-refractivity contribution in [2.75, 3.05) is 0 Å². The average molecular weight is 237 g/mol. The molecular formula is C12H15NO4. The molecule has 0 saturated heterocycles. The van der Waals surface area contributed by atoms with Crippen LogP contribution >= 0.6 is 0 Å². The van der Waals surface area contributed by atoms with Gasteiger partial charge in [-0.05, 0) is 25.0 Å². The summed E-state index contributed by atoms with van der Waals surface area (Å²) in [6.07, 6.45) is 1.45. The average Bonchev–Trinajstić information content (AvgIpc) is 2.27. The van der Waals surface area contributed by atoms with E-state index in [1.807, 2.05) is 13.8 Å². The lowest BCUT2D eigenvalue weighted by atomic mass is 9.91. The predicted molar refractivity (Wildman–Crippen MR) is 61.2 cm³/mol. The molecule has 0 saturated carbocycles. The molecule has 0 unspecified atom stereocenters. The fourth-order valence-corrected chi connectivity index (χ4v) is 1.96. The molecule has 1 aromatic heterocycles. The first-order valence-corrected chi connectivity index (χ1v) is 5.57. The molecule has 5 nitrogen and oxygen atoms in total. The second-order valence-electron chi connectivity index (χ2n) is 4.59. The van der Waals surface area contributed by atoms with Crippen LogP contribution < -0.4 is 5.56 Å². The number of nitrogens with one attached hydrogen (secondary N) is 1. The predicted octanol–water partition coefficient (Wildman–Crippen LogP) is 1.31. The van der Waals surface area contributed by atoms with E-state index in [2.05, 4.69) is 4.98 Å². The lowest BCUT2D eigenvalue weighted by molar-refractivity contribution is -0.0575. The van der Waals surface area contributed by atoms with Crippen LogP contribution in [0.1, 0.15) is 41.9 Å². The monoisotopic (exact) mass is 237 g/mol. The number of carboxylic acids is 1. The largest absolute Gasteiger partial charge is 0.477 e. The first-order valence-electron chi connectivity index (χ1n) is 5.57. The fraction of sp³-hybridized carbons (Fsp3) is 0.500. The highest BCUT2D eigenvalue weighted by Gasteiger charge is 2.30. The summed E-state index contributed by atoms with van der Waals surface area (Å²) in [4.78, 5) is 25.0. The number of carboxylic acid groups (broad SMARTS) is 1. The van der Waals surface area contributed by atoms with Crippen LogP contribution in [0.15, 0.2) is 10.9 Å². The zero-order valence-corrected chi connectivity index (χ0v) is 9.87. The maximum atomic E-state index is 11.6. The Bertz CT molecular complexity index is 520. The highest BCUT2D eigenvalue weighted by Crippen LogP contribution is 2.28. The second-order valence-corrected chi connectivity index (χ2v) is 4.59. The van der Waals surface area contributed by atoms with Crippen LogP contribution in [0.5, 0.6) is 0 Å². The second kappa shape index (κ2) is 4.00. The summed E-state index contributed by atoms with van der Waals surface area (Å²) in [6.45, 7) is 4.35. The van der Waals surface area contributed by atoms with Crippen molar-refractivity contribution >= 4 is 5.97 Å². The molecule has 1 aliphatic heterocycles. The van der Waals surface area contributed by atoms with Gasteiger partial charge in [-0.1, -0.05) is 6.92 Å². The van der Waals surface area contributed by atoms with E-state index in [9.17, 15) is 9.59 Å². The minimum absolute atomic E-state index is 0.229. The lowest BCUT2D eigenvalue weighted by Gasteiger charge is -2.34. The number of carbonyl (C=O) groups is 1. The summed E-state index contributed by atoms with van der Waals surface area (Å²) in [7, 11) is 0. The molecule has 92 valence electrons. The van der Waals surface area contributed by atoms with E-state index in [0.717, 1.165) is 17.7 Å². The van der Waals surface area contributed by atoms with Crippen LogP contribution in [0.25, 0.3) is 0 Å². The third kappa shape index (κ3) is 2.10. The zero-order chi connectivity index (χ0) is 12.6. The van der Waals surface area contributed by atoms with Crippen molar-refractivity contribution in [1.29, 1.82) is 0 Å². The van der Waals surface area contributed by atoms with Crippen LogP contribution in [0, 0.1) is 0 Å². The molecule has 0 aromatic carbocycles. The van der Waals surface area contributed by atoms with Crippen LogP contribution in [0.4, 0.5) is 0 Å². The summed E-state index contributed by atoms with van der Waals surface area (Å²) in [5.41, 5.74) is 0.494. The number of H-pyrrole nitrogens is 1. The van der Waals surface area contributed by atoms with Gasteiger partial charge in [0.1, 0.15) is 5.56 Å². The highest BCUT2D eigenvalue weighted by molar-refractivity contribution is 5.87. The van der Waals surface area contributed by atoms with E-state index in [-0.39, 0.29) is 11.2 Å². The Morgan fingerprint density at radius 1 is 1.65 bits per heavy atom. The third-order valence-electron chi connectivity index (χ3n) is 3.32. The fourth-order valence-electron chi connectivity index (χ4n) is 1.96. The van der Waals surface area contributed by atoms with Gasteiger partial charge in [0.15, 0.2) is 0 Å². The molecule has 5 heteroatoms. The van der Waals surface area contributed by atoms with Crippen molar-refractivity contribution in [1.82, 2.24) is 4.98 Å². The van der Waals surface area contributed by atoms with Crippen molar-refractivity contribution in [2.24, 2.45) is 0 Å². The van der Waals surface area contributed by atoms with Crippen molar-refractivity contribution in [3.63, 3.8) is 0 Å². The number of pyridine rings is 1. The smallest absolute Gasteiger partial charge is 0.341 e. The zero-order valence-electron chi connectivity index (χ0n) is 9.87. The van der Waals surface area contributed by atoms with Gasteiger partial charge >= 0.3 is 5.97 Å². The Morgan fingerprint density at radius 2 is 2.35 bits per heavy atom. The Kier molecular flexibility index (Phi) is 2.79. The maximum absolute atomic E-state index is 11.6. The van der Waals surface area contributed by atoms with E-state index < -0.39 is 11.5 Å². The Morgan fingerprint density at radius 3 is 2.94 bits per heavy atom. The summed E-state index contributed by atoms with van der Waals surface area (Å²) in [5, 5.41) is 8.86. The van der Waals surface area contributed by atoms with Gasteiger partial charge in [0.25, 0.3) is 5.56 Å². The molecule has 0 aliphatic carbocycles. The number of aromatic amines is 1. The number of aromatic carboxylic acids is 1. The molecule has 2 rings (SSSR count). The first-order chi connectivity index (χ1) is 7.95. The minimum atomic E-state index is -1.21. The molecule has 1 aromatic rings. The number of rotatable bonds is 2. The number of ether oxygens (including phenoxy) is 1. The van der Waals surface area contributed by atoms with Crippen LogP contribution in [-0.2, 0) is 17.8 Å². The van der Waals surface area contributed by atoms with Crippen molar-refractivity contribution in [2.45, 2.75) is 38.9 Å². The van der Waals surface area contributed by atoms with Gasteiger partial charge in [-0.2, -0.15) is 0 Å². The standard InChI is InChI=1S/C12H15NO4/c1-3-12(2)5-9-7(6-17-12)4-8(11(15)16)10(14)13-9/h4H,3,5-6H2,1-2H3,(H,13,14)(H,15,16)/t12-/m0/s1. The molecule has 1 aliphatic rings. The first kappa shape index (κ1) is 11.9.